The zero-order chi connectivity index (χ0) is 25.7. The highest BCUT2D eigenvalue weighted by atomic mass is 32.1. The molecule has 37 heavy (non-hydrogen) atoms. The van der Waals surface area contributed by atoms with Crippen molar-refractivity contribution in [3.05, 3.63) is 60.3 Å². The van der Waals surface area contributed by atoms with Gasteiger partial charge in [0.15, 0.2) is 11.0 Å². The Morgan fingerprint density at radius 3 is 2.68 bits per heavy atom. The van der Waals surface area contributed by atoms with Crippen LogP contribution in [0.15, 0.2) is 55.1 Å². The van der Waals surface area contributed by atoms with Gasteiger partial charge >= 0.3 is 0 Å². The summed E-state index contributed by atoms with van der Waals surface area (Å²) in [4.78, 5) is 34.5. The van der Waals surface area contributed by atoms with Gasteiger partial charge in [0.05, 0.1) is 39.7 Å². The van der Waals surface area contributed by atoms with E-state index in [1.807, 2.05) is 39.0 Å². The number of aromatic amines is 2. The summed E-state index contributed by atoms with van der Waals surface area (Å²) in [5, 5.41) is 10.9. The third-order valence-corrected chi connectivity index (χ3v) is 6.73. The fourth-order valence-corrected chi connectivity index (χ4v) is 4.62. The van der Waals surface area contributed by atoms with E-state index in [9.17, 15) is 9.18 Å². The van der Waals surface area contributed by atoms with Gasteiger partial charge in [-0.2, -0.15) is 9.49 Å². The lowest BCUT2D eigenvalue weighted by Gasteiger charge is -2.17. The van der Waals surface area contributed by atoms with Gasteiger partial charge in [-0.1, -0.05) is 20.8 Å². The van der Waals surface area contributed by atoms with Gasteiger partial charge in [0, 0.05) is 28.8 Å². The zero-order valence-electron chi connectivity index (χ0n) is 20.1. The van der Waals surface area contributed by atoms with Crippen LogP contribution in [0.5, 0.6) is 0 Å². The monoisotopic (exact) mass is 512 g/mol. The molecule has 1 amide bonds. The van der Waals surface area contributed by atoms with Crippen molar-refractivity contribution in [1.82, 2.24) is 35.1 Å². The second kappa shape index (κ2) is 8.56. The third-order valence-electron chi connectivity index (χ3n) is 5.85. The lowest BCUT2D eigenvalue weighted by molar-refractivity contribution is -0.123. The number of H-pyrrole nitrogens is 2. The lowest BCUT2D eigenvalue weighted by atomic mass is 9.95. The van der Waals surface area contributed by atoms with Crippen molar-refractivity contribution >= 4 is 44.9 Å². The molecule has 6 rings (SSSR count). The third kappa shape index (κ3) is 4.23. The molecule has 0 spiro atoms. The van der Waals surface area contributed by atoms with E-state index in [0.29, 0.717) is 39.0 Å². The van der Waals surface area contributed by atoms with Crippen LogP contribution in [0.4, 0.5) is 10.1 Å². The number of rotatable bonds is 4. The smallest absolute Gasteiger partial charge is 0.229 e. The normalized spacial score (nSPS) is 11.9. The van der Waals surface area contributed by atoms with Crippen molar-refractivity contribution in [2.75, 3.05) is 5.32 Å². The van der Waals surface area contributed by atoms with Crippen molar-refractivity contribution in [3.8, 4) is 33.3 Å². The average Bonchev–Trinajstić information content (AvgIpc) is 3.60. The van der Waals surface area contributed by atoms with Crippen LogP contribution < -0.4 is 5.32 Å². The van der Waals surface area contributed by atoms with Crippen LogP contribution in [-0.4, -0.2) is 41.0 Å². The van der Waals surface area contributed by atoms with Crippen molar-refractivity contribution in [1.29, 1.82) is 0 Å². The molecule has 6 aromatic heterocycles. The molecule has 6 aromatic rings. The number of hydrogen-bond donors (Lipinski definition) is 3. The molecule has 0 fully saturated rings. The molecule has 0 aliphatic heterocycles. The highest BCUT2D eigenvalue weighted by molar-refractivity contribution is 7.13. The summed E-state index contributed by atoms with van der Waals surface area (Å²) in [6.07, 6.45) is 6.67. The number of hydrogen-bond acceptors (Lipinski definition) is 7. The summed E-state index contributed by atoms with van der Waals surface area (Å²) in [5.74, 6) is 0.449. The average molecular weight is 513 g/mol. The van der Waals surface area contributed by atoms with Crippen LogP contribution in [0.3, 0.4) is 0 Å². The molecular weight excluding hydrogens is 491 g/mol. The van der Waals surface area contributed by atoms with E-state index in [2.05, 4.69) is 35.5 Å². The number of nitrogens with one attached hydrogen (secondary N) is 3. The zero-order valence-corrected chi connectivity index (χ0v) is 20.9. The molecule has 3 N–H and O–H groups in total. The fraction of sp³-hybridized carbons (Fsp3) is 0.154. The van der Waals surface area contributed by atoms with E-state index in [1.54, 1.807) is 30.9 Å². The number of thiophene rings is 1. The molecule has 0 unspecified atom stereocenters. The minimum Gasteiger partial charge on any atom is -0.336 e. The molecule has 0 atom stereocenters. The summed E-state index contributed by atoms with van der Waals surface area (Å²) in [7, 11) is 0. The van der Waals surface area contributed by atoms with E-state index in [0.717, 1.165) is 33.3 Å². The van der Waals surface area contributed by atoms with Gasteiger partial charge < -0.3 is 10.3 Å². The van der Waals surface area contributed by atoms with Crippen LogP contribution >= 0.6 is 11.3 Å². The van der Waals surface area contributed by atoms with Crippen LogP contribution in [-0.2, 0) is 4.79 Å². The molecule has 0 aliphatic rings. The highest BCUT2D eigenvalue weighted by Crippen LogP contribution is 2.34. The van der Waals surface area contributed by atoms with Gasteiger partial charge in [0.2, 0.25) is 5.91 Å². The van der Waals surface area contributed by atoms with Crippen molar-refractivity contribution < 1.29 is 9.18 Å². The number of fused-ring (bicyclic) bond motifs is 2. The standard InChI is InChI=1S/C26H21FN8OS/c1-26(2,3)25(36)31-14-8-13(10-28-11-14)17-9-15-18(12-30-17)34-35-21(15)24-32-16-6-7-29-23(22(16)33-24)19-4-5-20(27)37-19/h4-12H,1-3H3,(H,31,36)(H,32,33)(H,34,35). The predicted octanol–water partition coefficient (Wildman–Crippen LogP) is 5.81. The molecule has 6 heterocycles. The number of anilines is 1. The number of amides is 1. The van der Waals surface area contributed by atoms with Crippen LogP contribution in [0.1, 0.15) is 20.8 Å². The van der Waals surface area contributed by atoms with Crippen molar-refractivity contribution in [3.63, 3.8) is 0 Å². The quantitative estimate of drug-likeness (QED) is 0.274. The maximum Gasteiger partial charge on any atom is 0.229 e. The van der Waals surface area contributed by atoms with Gasteiger partial charge in [0.1, 0.15) is 16.9 Å². The van der Waals surface area contributed by atoms with Gasteiger partial charge in [-0.25, -0.2) is 4.98 Å². The first-order chi connectivity index (χ1) is 17.8. The maximum absolute atomic E-state index is 13.7. The van der Waals surface area contributed by atoms with E-state index in [1.165, 1.54) is 6.07 Å². The number of halogens is 1. The molecular formula is C26H21FN8OS. The molecule has 0 aliphatic carbocycles. The minimum absolute atomic E-state index is 0.101. The molecule has 0 radical (unpaired) electrons. The van der Waals surface area contributed by atoms with Crippen LogP contribution in [0, 0.1) is 10.5 Å². The van der Waals surface area contributed by atoms with Crippen molar-refractivity contribution in [2.45, 2.75) is 20.8 Å². The maximum atomic E-state index is 13.7. The van der Waals surface area contributed by atoms with E-state index >= 15 is 0 Å². The van der Waals surface area contributed by atoms with Gasteiger partial charge in [-0.15, -0.1) is 11.3 Å². The molecule has 184 valence electrons. The second-order valence-electron chi connectivity index (χ2n) is 9.60. The van der Waals surface area contributed by atoms with E-state index in [4.69, 9.17) is 4.98 Å². The Balaban J connectivity index is 1.40. The number of imidazole rings is 1. The summed E-state index contributed by atoms with van der Waals surface area (Å²) in [6, 6.07) is 8.68. The van der Waals surface area contributed by atoms with Crippen LogP contribution in [0.2, 0.25) is 0 Å². The first-order valence-electron chi connectivity index (χ1n) is 11.5. The molecule has 9 nitrogen and oxygen atoms in total. The Kier molecular flexibility index (Phi) is 5.30. The fourth-order valence-electron chi connectivity index (χ4n) is 3.89. The van der Waals surface area contributed by atoms with Gasteiger partial charge in [0.25, 0.3) is 0 Å². The minimum atomic E-state index is -0.529. The van der Waals surface area contributed by atoms with Gasteiger partial charge in [-0.3, -0.25) is 24.8 Å². The summed E-state index contributed by atoms with van der Waals surface area (Å²) < 4.78 is 13.7. The first kappa shape index (κ1) is 22.9. The van der Waals surface area contributed by atoms with E-state index in [-0.39, 0.29) is 11.0 Å². The largest absolute Gasteiger partial charge is 0.336 e. The van der Waals surface area contributed by atoms with Crippen LogP contribution in [0.25, 0.3) is 55.3 Å². The molecule has 0 bridgehead atoms. The summed E-state index contributed by atoms with van der Waals surface area (Å²) >= 11 is 1.03. The Morgan fingerprint density at radius 1 is 1.03 bits per heavy atom. The lowest BCUT2D eigenvalue weighted by Crippen LogP contribution is -2.27. The Bertz CT molecular complexity index is 1800. The number of aromatic nitrogens is 7. The highest BCUT2D eigenvalue weighted by Gasteiger charge is 2.22. The Morgan fingerprint density at radius 2 is 1.89 bits per heavy atom. The summed E-state index contributed by atoms with van der Waals surface area (Å²) in [6.45, 7) is 5.56. The molecule has 0 saturated carbocycles. The Hall–Kier alpha value is -4.51. The molecule has 0 saturated heterocycles. The van der Waals surface area contributed by atoms with Gasteiger partial charge in [-0.05, 0) is 30.3 Å². The SMILES string of the molecule is CC(C)(C)C(=O)Nc1cncc(-c2cc3c(-c4nc5c(-c6ccc(F)s6)nccc5[nH]4)n[nH]c3cn2)c1. The topological polar surface area (TPSA) is 125 Å². The predicted molar refractivity (Wildman–Crippen MR) is 141 cm³/mol. The number of pyridine rings is 3. The number of nitrogens with zero attached hydrogens (tertiary/aromatic N) is 5. The number of carbonyl (C=O) groups is 1. The molecule has 11 heteroatoms. The Labute approximate surface area is 214 Å². The first-order valence-corrected chi connectivity index (χ1v) is 12.3. The second-order valence-corrected chi connectivity index (χ2v) is 10.6. The summed E-state index contributed by atoms with van der Waals surface area (Å²) in [5.41, 5.74) is 4.84. The van der Waals surface area contributed by atoms with E-state index < -0.39 is 5.41 Å². The molecule has 0 aromatic carbocycles. The van der Waals surface area contributed by atoms with Crippen molar-refractivity contribution in [2.24, 2.45) is 5.41 Å². The number of carbonyl (C=O) groups excluding carboxylic acids is 1.